The third-order valence-electron chi connectivity index (χ3n) is 2.19. The van der Waals surface area contributed by atoms with Crippen LogP contribution in [0.25, 0.3) is 0 Å². The third-order valence-corrected chi connectivity index (χ3v) is 3.20. The van der Waals surface area contributed by atoms with Crippen LogP contribution in [0.3, 0.4) is 0 Å². The molecule has 1 rings (SSSR count). The van der Waals surface area contributed by atoms with Gasteiger partial charge in [-0.1, -0.05) is 0 Å². The summed E-state index contributed by atoms with van der Waals surface area (Å²) in [6.45, 7) is 4.62. The van der Waals surface area contributed by atoms with Crippen LogP contribution in [-0.4, -0.2) is 26.3 Å². The molecule has 0 fully saturated rings. The number of nitrogens with two attached hydrogens (primary N) is 1. The highest BCUT2D eigenvalue weighted by Crippen LogP contribution is 2.14. The van der Waals surface area contributed by atoms with Crippen LogP contribution in [0.2, 0.25) is 0 Å². The summed E-state index contributed by atoms with van der Waals surface area (Å²) in [6, 6.07) is 4.49. The summed E-state index contributed by atoms with van der Waals surface area (Å²) < 4.78 is 4.97. The van der Waals surface area contributed by atoms with Crippen LogP contribution in [0.1, 0.15) is 16.2 Å². The minimum absolute atomic E-state index is 0.186. The van der Waals surface area contributed by atoms with Gasteiger partial charge in [0, 0.05) is 42.6 Å². The second kappa shape index (κ2) is 6.95. The fraction of sp³-hybridized carbons (Fsp3) is 0.636. The zero-order chi connectivity index (χ0) is 11.1. The fourth-order valence-electron chi connectivity index (χ4n) is 1.33. The molecule has 4 heteroatoms. The first-order valence-corrected chi connectivity index (χ1v) is 6.04. The van der Waals surface area contributed by atoms with Crippen molar-refractivity contribution in [1.29, 1.82) is 0 Å². The quantitative estimate of drug-likeness (QED) is 0.743. The third kappa shape index (κ3) is 5.28. The lowest BCUT2D eigenvalue weighted by atomic mass is 10.2. The van der Waals surface area contributed by atoms with Crippen molar-refractivity contribution in [3.63, 3.8) is 0 Å². The average Bonchev–Trinajstić information content (AvgIpc) is 2.61. The second-order valence-electron chi connectivity index (χ2n) is 3.68. The van der Waals surface area contributed by atoms with Gasteiger partial charge in [0.1, 0.15) is 0 Å². The van der Waals surface area contributed by atoms with E-state index >= 15 is 0 Å². The van der Waals surface area contributed by atoms with Gasteiger partial charge < -0.3 is 15.8 Å². The Kier molecular flexibility index (Phi) is 5.86. The number of nitrogens with one attached hydrogen (secondary N) is 1. The minimum Gasteiger partial charge on any atom is -0.385 e. The summed E-state index contributed by atoms with van der Waals surface area (Å²) in [4.78, 5) is 2.72. The molecule has 0 radical (unpaired) electrons. The van der Waals surface area contributed by atoms with Crippen LogP contribution >= 0.6 is 11.3 Å². The molecule has 1 heterocycles. The molecule has 0 bridgehead atoms. The first-order valence-electron chi connectivity index (χ1n) is 5.23. The summed E-state index contributed by atoms with van der Waals surface area (Å²) in [5.41, 5.74) is 5.89. The van der Waals surface area contributed by atoms with Crippen molar-refractivity contribution in [1.82, 2.24) is 5.32 Å². The summed E-state index contributed by atoms with van der Waals surface area (Å²) in [5.74, 6) is 0. The predicted octanol–water partition coefficient (Wildman–Crippen LogP) is 1.51. The molecule has 0 aliphatic rings. The van der Waals surface area contributed by atoms with Crippen LogP contribution in [0, 0.1) is 6.92 Å². The standard InChI is InChI=1S/C11H20N2OS/c1-9-3-4-11(15-9)8-13-7-10(12)5-6-14-2/h3-4,10,13H,5-8,12H2,1-2H3. The summed E-state index contributed by atoms with van der Waals surface area (Å²) in [5, 5.41) is 3.35. The topological polar surface area (TPSA) is 47.3 Å². The molecule has 0 saturated heterocycles. The van der Waals surface area contributed by atoms with Crippen LogP contribution < -0.4 is 11.1 Å². The molecule has 0 aromatic carbocycles. The number of aryl methyl sites for hydroxylation is 1. The Morgan fingerprint density at radius 3 is 2.93 bits per heavy atom. The monoisotopic (exact) mass is 228 g/mol. The fourth-order valence-corrected chi connectivity index (χ4v) is 2.19. The molecule has 0 aliphatic heterocycles. The van der Waals surface area contributed by atoms with Crippen molar-refractivity contribution in [2.75, 3.05) is 20.3 Å². The smallest absolute Gasteiger partial charge is 0.0477 e. The van der Waals surface area contributed by atoms with Gasteiger partial charge in [-0.25, -0.2) is 0 Å². The van der Waals surface area contributed by atoms with E-state index in [0.29, 0.717) is 0 Å². The Morgan fingerprint density at radius 1 is 1.53 bits per heavy atom. The van der Waals surface area contributed by atoms with Crippen LogP contribution in [0.4, 0.5) is 0 Å². The molecule has 3 nitrogen and oxygen atoms in total. The molecule has 3 N–H and O–H groups in total. The lowest BCUT2D eigenvalue weighted by Gasteiger charge is -2.11. The van der Waals surface area contributed by atoms with E-state index in [1.54, 1.807) is 7.11 Å². The van der Waals surface area contributed by atoms with E-state index in [1.807, 2.05) is 11.3 Å². The van der Waals surface area contributed by atoms with Gasteiger partial charge in [0.2, 0.25) is 0 Å². The Bertz CT molecular complexity index is 275. The number of methoxy groups -OCH3 is 1. The van der Waals surface area contributed by atoms with Crippen molar-refractivity contribution in [3.8, 4) is 0 Å². The van der Waals surface area contributed by atoms with E-state index < -0.39 is 0 Å². The van der Waals surface area contributed by atoms with Crippen molar-refractivity contribution in [2.45, 2.75) is 25.9 Å². The Balaban J connectivity index is 2.10. The molecule has 1 aromatic heterocycles. The molecule has 0 saturated carbocycles. The van der Waals surface area contributed by atoms with Crippen molar-refractivity contribution >= 4 is 11.3 Å². The maximum Gasteiger partial charge on any atom is 0.0477 e. The highest BCUT2D eigenvalue weighted by atomic mass is 32.1. The minimum atomic E-state index is 0.186. The number of rotatable bonds is 7. The highest BCUT2D eigenvalue weighted by molar-refractivity contribution is 7.11. The molecule has 1 aromatic rings. The van der Waals surface area contributed by atoms with Gasteiger partial charge >= 0.3 is 0 Å². The summed E-state index contributed by atoms with van der Waals surface area (Å²) in [7, 11) is 1.70. The van der Waals surface area contributed by atoms with Crippen molar-refractivity contribution in [2.24, 2.45) is 5.73 Å². The normalized spacial score (nSPS) is 13.0. The van der Waals surface area contributed by atoms with E-state index in [9.17, 15) is 0 Å². The van der Waals surface area contributed by atoms with Gasteiger partial charge in [-0.05, 0) is 25.5 Å². The molecular formula is C11H20N2OS. The Labute approximate surface area is 95.6 Å². The number of ether oxygens (including phenoxy) is 1. The highest BCUT2D eigenvalue weighted by Gasteiger charge is 2.02. The molecule has 0 amide bonds. The molecule has 0 spiro atoms. The molecule has 86 valence electrons. The van der Waals surface area contributed by atoms with E-state index in [-0.39, 0.29) is 6.04 Å². The molecule has 15 heavy (non-hydrogen) atoms. The SMILES string of the molecule is COCCC(N)CNCc1ccc(C)s1. The Morgan fingerprint density at radius 2 is 2.33 bits per heavy atom. The van der Waals surface area contributed by atoms with Crippen molar-refractivity contribution < 1.29 is 4.74 Å². The second-order valence-corrected chi connectivity index (χ2v) is 5.06. The van der Waals surface area contributed by atoms with Crippen LogP contribution in [0.5, 0.6) is 0 Å². The van der Waals surface area contributed by atoms with E-state index in [4.69, 9.17) is 10.5 Å². The maximum absolute atomic E-state index is 5.89. The molecule has 1 atom stereocenters. The number of hydrogen-bond acceptors (Lipinski definition) is 4. The van der Waals surface area contributed by atoms with E-state index in [2.05, 4.69) is 24.4 Å². The van der Waals surface area contributed by atoms with Gasteiger partial charge in [-0.3, -0.25) is 0 Å². The first-order chi connectivity index (χ1) is 7.22. The summed E-state index contributed by atoms with van der Waals surface area (Å²) >= 11 is 1.83. The van der Waals surface area contributed by atoms with E-state index in [0.717, 1.165) is 26.1 Å². The largest absolute Gasteiger partial charge is 0.385 e. The number of thiophene rings is 1. The Hall–Kier alpha value is -0.420. The first kappa shape index (κ1) is 12.6. The zero-order valence-corrected chi connectivity index (χ0v) is 10.3. The lowest BCUT2D eigenvalue weighted by Crippen LogP contribution is -2.34. The predicted molar refractivity (Wildman–Crippen MR) is 65.2 cm³/mol. The zero-order valence-electron chi connectivity index (χ0n) is 9.45. The number of hydrogen-bond donors (Lipinski definition) is 2. The maximum atomic E-state index is 5.89. The van der Waals surface area contributed by atoms with E-state index in [1.165, 1.54) is 9.75 Å². The van der Waals surface area contributed by atoms with Gasteiger partial charge in [-0.15, -0.1) is 11.3 Å². The van der Waals surface area contributed by atoms with Crippen molar-refractivity contribution in [3.05, 3.63) is 21.9 Å². The molecule has 1 unspecified atom stereocenters. The van der Waals surface area contributed by atoms with Gasteiger partial charge in [0.15, 0.2) is 0 Å². The van der Waals surface area contributed by atoms with Crippen LogP contribution in [-0.2, 0) is 11.3 Å². The van der Waals surface area contributed by atoms with Gasteiger partial charge in [0.05, 0.1) is 0 Å². The van der Waals surface area contributed by atoms with Gasteiger partial charge in [-0.2, -0.15) is 0 Å². The average molecular weight is 228 g/mol. The lowest BCUT2D eigenvalue weighted by molar-refractivity contribution is 0.187. The molecule has 0 aliphatic carbocycles. The van der Waals surface area contributed by atoms with Gasteiger partial charge in [0.25, 0.3) is 0 Å². The van der Waals surface area contributed by atoms with Crippen LogP contribution in [0.15, 0.2) is 12.1 Å². The summed E-state index contributed by atoms with van der Waals surface area (Å²) in [6.07, 6.45) is 0.910. The molecular weight excluding hydrogens is 208 g/mol.